The van der Waals surface area contributed by atoms with E-state index in [1.165, 1.54) is 0 Å². The number of methoxy groups -OCH3 is 1. The standard InChI is InChI=1S/C18H18N2O2/c1-20-12-13(14-7-3-5-9-16(14)20)11-18(21)19-15-8-4-6-10-17(15)22-2/h3-10,12H,11H2,1-2H3,(H,19,21). The number of aromatic nitrogens is 1. The number of ether oxygens (including phenoxy) is 1. The average Bonchev–Trinajstić information content (AvgIpc) is 2.84. The molecule has 4 nitrogen and oxygen atoms in total. The Hall–Kier alpha value is -2.75. The molecule has 2 aromatic carbocycles. The molecule has 0 bridgehead atoms. The predicted octanol–water partition coefficient (Wildman–Crippen LogP) is 3.37. The molecule has 0 aliphatic heterocycles. The maximum Gasteiger partial charge on any atom is 0.228 e. The normalized spacial score (nSPS) is 10.6. The van der Waals surface area contributed by atoms with Crippen LogP contribution in [0.25, 0.3) is 10.9 Å². The summed E-state index contributed by atoms with van der Waals surface area (Å²) in [6.07, 6.45) is 2.34. The molecule has 0 atom stereocenters. The van der Waals surface area contributed by atoms with Gasteiger partial charge in [-0.05, 0) is 23.8 Å². The minimum atomic E-state index is -0.0548. The summed E-state index contributed by atoms with van der Waals surface area (Å²) in [6, 6.07) is 15.5. The van der Waals surface area contributed by atoms with Crippen LogP contribution in [0.5, 0.6) is 5.75 Å². The van der Waals surface area contributed by atoms with Gasteiger partial charge in [-0.25, -0.2) is 0 Å². The molecule has 1 heterocycles. The van der Waals surface area contributed by atoms with Gasteiger partial charge in [0.15, 0.2) is 0 Å². The maximum absolute atomic E-state index is 12.3. The first-order valence-electron chi connectivity index (χ1n) is 7.15. The lowest BCUT2D eigenvalue weighted by atomic mass is 10.1. The first-order chi connectivity index (χ1) is 10.7. The molecule has 0 aliphatic rings. The zero-order valence-corrected chi connectivity index (χ0v) is 12.7. The first kappa shape index (κ1) is 14.2. The summed E-state index contributed by atoms with van der Waals surface area (Å²) in [4.78, 5) is 12.3. The highest BCUT2D eigenvalue weighted by Crippen LogP contribution is 2.24. The minimum Gasteiger partial charge on any atom is -0.495 e. The van der Waals surface area contributed by atoms with Gasteiger partial charge < -0.3 is 14.6 Å². The lowest BCUT2D eigenvalue weighted by Gasteiger charge is -2.09. The van der Waals surface area contributed by atoms with Gasteiger partial charge in [-0.2, -0.15) is 0 Å². The molecule has 3 rings (SSSR count). The van der Waals surface area contributed by atoms with Crippen molar-refractivity contribution in [2.75, 3.05) is 12.4 Å². The van der Waals surface area contributed by atoms with E-state index in [-0.39, 0.29) is 5.91 Å². The summed E-state index contributed by atoms with van der Waals surface area (Å²) in [5.41, 5.74) is 2.84. The molecule has 0 unspecified atom stereocenters. The maximum atomic E-state index is 12.3. The molecule has 0 radical (unpaired) electrons. The average molecular weight is 294 g/mol. The van der Waals surface area contributed by atoms with Gasteiger partial charge in [0.05, 0.1) is 19.2 Å². The zero-order chi connectivity index (χ0) is 15.5. The molecule has 0 aliphatic carbocycles. The smallest absolute Gasteiger partial charge is 0.228 e. The van der Waals surface area contributed by atoms with Crippen molar-refractivity contribution in [1.82, 2.24) is 4.57 Å². The van der Waals surface area contributed by atoms with Crippen LogP contribution in [0.15, 0.2) is 54.7 Å². The fraction of sp³-hybridized carbons (Fsp3) is 0.167. The number of hydrogen-bond acceptors (Lipinski definition) is 2. The third-order valence-corrected chi connectivity index (χ3v) is 3.71. The number of nitrogens with one attached hydrogen (secondary N) is 1. The van der Waals surface area contributed by atoms with E-state index >= 15 is 0 Å². The topological polar surface area (TPSA) is 43.3 Å². The molecule has 0 saturated heterocycles. The van der Waals surface area contributed by atoms with E-state index in [0.29, 0.717) is 17.9 Å². The largest absolute Gasteiger partial charge is 0.495 e. The number of para-hydroxylation sites is 3. The number of fused-ring (bicyclic) bond motifs is 1. The van der Waals surface area contributed by atoms with Crippen LogP contribution >= 0.6 is 0 Å². The van der Waals surface area contributed by atoms with E-state index in [9.17, 15) is 4.79 Å². The van der Waals surface area contributed by atoms with Crippen molar-refractivity contribution in [2.45, 2.75) is 6.42 Å². The Balaban J connectivity index is 1.82. The third-order valence-electron chi connectivity index (χ3n) is 3.71. The van der Waals surface area contributed by atoms with Crippen molar-refractivity contribution in [3.8, 4) is 5.75 Å². The van der Waals surface area contributed by atoms with Crippen molar-refractivity contribution >= 4 is 22.5 Å². The second-order valence-corrected chi connectivity index (χ2v) is 5.21. The van der Waals surface area contributed by atoms with Gasteiger partial charge in [-0.1, -0.05) is 30.3 Å². The van der Waals surface area contributed by atoms with Gasteiger partial charge in [0.25, 0.3) is 0 Å². The van der Waals surface area contributed by atoms with E-state index in [1.54, 1.807) is 7.11 Å². The second kappa shape index (κ2) is 5.93. The van der Waals surface area contributed by atoms with Gasteiger partial charge in [0.1, 0.15) is 5.75 Å². The molecule has 0 saturated carbocycles. The molecule has 1 amide bonds. The fourth-order valence-electron chi connectivity index (χ4n) is 2.68. The number of anilines is 1. The Morgan fingerprint density at radius 3 is 2.68 bits per heavy atom. The Morgan fingerprint density at radius 1 is 1.14 bits per heavy atom. The van der Waals surface area contributed by atoms with Crippen molar-refractivity contribution in [1.29, 1.82) is 0 Å². The number of hydrogen-bond donors (Lipinski definition) is 1. The number of nitrogens with zero attached hydrogens (tertiary/aromatic N) is 1. The molecule has 1 N–H and O–H groups in total. The minimum absolute atomic E-state index is 0.0548. The van der Waals surface area contributed by atoms with Gasteiger partial charge in [-0.3, -0.25) is 4.79 Å². The lowest BCUT2D eigenvalue weighted by Crippen LogP contribution is -2.14. The van der Waals surface area contributed by atoms with Gasteiger partial charge in [0.2, 0.25) is 5.91 Å². The quantitative estimate of drug-likeness (QED) is 0.801. The summed E-state index contributed by atoms with van der Waals surface area (Å²) in [5.74, 6) is 0.606. The summed E-state index contributed by atoms with van der Waals surface area (Å²) < 4.78 is 7.29. The van der Waals surface area contributed by atoms with Crippen LogP contribution in [-0.2, 0) is 18.3 Å². The second-order valence-electron chi connectivity index (χ2n) is 5.21. The highest BCUT2D eigenvalue weighted by atomic mass is 16.5. The number of rotatable bonds is 4. The van der Waals surface area contributed by atoms with Crippen LogP contribution in [0.1, 0.15) is 5.56 Å². The third kappa shape index (κ3) is 2.68. The first-order valence-corrected chi connectivity index (χ1v) is 7.15. The molecule has 0 fully saturated rings. The van der Waals surface area contributed by atoms with Crippen LogP contribution in [0.2, 0.25) is 0 Å². The molecule has 22 heavy (non-hydrogen) atoms. The van der Waals surface area contributed by atoms with Crippen molar-refractivity contribution < 1.29 is 9.53 Å². The van der Waals surface area contributed by atoms with Crippen LogP contribution < -0.4 is 10.1 Å². The van der Waals surface area contributed by atoms with Crippen LogP contribution in [0.3, 0.4) is 0 Å². The van der Waals surface area contributed by atoms with Crippen LogP contribution in [0.4, 0.5) is 5.69 Å². The Kier molecular flexibility index (Phi) is 3.83. The number of carbonyl (C=O) groups is 1. The summed E-state index contributed by atoms with van der Waals surface area (Å²) in [5, 5.41) is 4.02. The monoisotopic (exact) mass is 294 g/mol. The number of aryl methyl sites for hydroxylation is 1. The fourth-order valence-corrected chi connectivity index (χ4v) is 2.68. The molecule has 4 heteroatoms. The summed E-state index contributed by atoms with van der Waals surface area (Å²) >= 11 is 0. The van der Waals surface area contributed by atoms with Gasteiger partial charge in [0, 0.05) is 24.1 Å². The molecule has 3 aromatic rings. The van der Waals surface area contributed by atoms with Crippen LogP contribution in [0, 0.1) is 0 Å². The van der Waals surface area contributed by atoms with E-state index in [1.807, 2.05) is 60.3 Å². The molecule has 112 valence electrons. The van der Waals surface area contributed by atoms with Crippen molar-refractivity contribution in [3.05, 3.63) is 60.3 Å². The summed E-state index contributed by atoms with van der Waals surface area (Å²) in [7, 11) is 3.58. The van der Waals surface area contributed by atoms with Gasteiger partial charge in [-0.15, -0.1) is 0 Å². The Bertz CT molecular complexity index is 821. The molecule has 1 aromatic heterocycles. The Labute approximate surface area is 129 Å². The van der Waals surface area contributed by atoms with E-state index < -0.39 is 0 Å². The van der Waals surface area contributed by atoms with E-state index in [0.717, 1.165) is 16.5 Å². The van der Waals surface area contributed by atoms with Crippen molar-refractivity contribution in [3.63, 3.8) is 0 Å². The molecule has 0 spiro atoms. The van der Waals surface area contributed by atoms with Gasteiger partial charge >= 0.3 is 0 Å². The van der Waals surface area contributed by atoms with E-state index in [4.69, 9.17) is 4.74 Å². The zero-order valence-electron chi connectivity index (χ0n) is 12.7. The van der Waals surface area contributed by atoms with E-state index in [2.05, 4.69) is 11.4 Å². The number of carbonyl (C=O) groups excluding carboxylic acids is 1. The number of amides is 1. The molecular formula is C18H18N2O2. The predicted molar refractivity (Wildman–Crippen MR) is 88.2 cm³/mol. The highest BCUT2D eigenvalue weighted by molar-refractivity contribution is 5.96. The molecular weight excluding hydrogens is 276 g/mol. The van der Waals surface area contributed by atoms with Crippen LogP contribution in [-0.4, -0.2) is 17.6 Å². The number of benzene rings is 2. The highest BCUT2D eigenvalue weighted by Gasteiger charge is 2.12. The Morgan fingerprint density at radius 2 is 1.86 bits per heavy atom. The lowest BCUT2D eigenvalue weighted by molar-refractivity contribution is -0.115. The SMILES string of the molecule is COc1ccccc1NC(=O)Cc1cn(C)c2ccccc12. The van der Waals surface area contributed by atoms with Crippen molar-refractivity contribution in [2.24, 2.45) is 7.05 Å². The summed E-state index contributed by atoms with van der Waals surface area (Å²) in [6.45, 7) is 0.